The Morgan fingerprint density at radius 3 is 2.00 bits per heavy atom. The molecule has 1 nitrogen and oxygen atoms in total. The van der Waals surface area contributed by atoms with Crippen molar-refractivity contribution in [3.63, 3.8) is 0 Å². The highest BCUT2D eigenvalue weighted by Crippen LogP contribution is 2.09. The van der Waals surface area contributed by atoms with Crippen LogP contribution in [0.4, 0.5) is 0 Å². The summed E-state index contributed by atoms with van der Waals surface area (Å²) in [7, 11) is 0. The van der Waals surface area contributed by atoms with Gasteiger partial charge in [0.25, 0.3) is 0 Å². The highest BCUT2D eigenvalue weighted by atomic mass is 35.5. The van der Waals surface area contributed by atoms with Gasteiger partial charge in [-0.05, 0) is 29.5 Å². The summed E-state index contributed by atoms with van der Waals surface area (Å²) in [5.74, 6) is 0. The van der Waals surface area contributed by atoms with E-state index in [4.69, 9.17) is 5.73 Å². The Bertz CT molecular complexity index is 440. The van der Waals surface area contributed by atoms with Crippen LogP contribution in [-0.2, 0) is 19.4 Å². The molecule has 0 amide bonds. The zero-order chi connectivity index (χ0) is 11.2. The Morgan fingerprint density at radius 2 is 1.29 bits per heavy atom. The molecule has 2 aromatic carbocycles. The van der Waals surface area contributed by atoms with E-state index in [1.165, 1.54) is 16.7 Å². The van der Waals surface area contributed by atoms with Gasteiger partial charge in [0, 0.05) is 6.54 Å². The lowest BCUT2D eigenvalue weighted by molar-refractivity contribution is 0.950. The molecule has 0 aliphatic heterocycles. The average molecular weight is 248 g/mol. The van der Waals surface area contributed by atoms with Crippen molar-refractivity contribution in [2.24, 2.45) is 5.73 Å². The van der Waals surface area contributed by atoms with E-state index in [-0.39, 0.29) is 12.4 Å². The molecule has 0 saturated carbocycles. The van der Waals surface area contributed by atoms with E-state index in [1.54, 1.807) is 0 Å². The highest BCUT2D eigenvalue weighted by molar-refractivity contribution is 5.85. The number of aryl methyl sites for hydroxylation is 2. The SMILES string of the molecule is Cl.NCc1cccc(CCc2ccccc2)c1. The van der Waals surface area contributed by atoms with Crippen molar-refractivity contribution in [3.8, 4) is 0 Å². The number of hydrogen-bond donors (Lipinski definition) is 1. The van der Waals surface area contributed by atoms with E-state index < -0.39 is 0 Å². The maximum atomic E-state index is 5.63. The van der Waals surface area contributed by atoms with Crippen molar-refractivity contribution in [1.82, 2.24) is 0 Å². The first-order chi connectivity index (χ1) is 7.88. The lowest BCUT2D eigenvalue weighted by Crippen LogP contribution is -1.98. The quantitative estimate of drug-likeness (QED) is 0.881. The van der Waals surface area contributed by atoms with Crippen molar-refractivity contribution >= 4 is 12.4 Å². The summed E-state index contributed by atoms with van der Waals surface area (Å²) in [6.07, 6.45) is 2.17. The normalized spacial score (nSPS) is 9.71. The van der Waals surface area contributed by atoms with E-state index in [0.29, 0.717) is 6.54 Å². The first-order valence-corrected chi connectivity index (χ1v) is 5.70. The van der Waals surface area contributed by atoms with Gasteiger partial charge in [-0.15, -0.1) is 12.4 Å². The van der Waals surface area contributed by atoms with Crippen molar-refractivity contribution in [2.45, 2.75) is 19.4 Å². The summed E-state index contributed by atoms with van der Waals surface area (Å²) in [5, 5.41) is 0. The summed E-state index contributed by atoms with van der Waals surface area (Å²) in [6.45, 7) is 0.624. The van der Waals surface area contributed by atoms with Crippen LogP contribution < -0.4 is 5.73 Å². The van der Waals surface area contributed by atoms with Crippen LogP contribution in [0.3, 0.4) is 0 Å². The predicted molar refractivity (Wildman–Crippen MR) is 75.4 cm³/mol. The Morgan fingerprint density at radius 1 is 0.706 bits per heavy atom. The Kier molecular flexibility index (Phi) is 5.75. The summed E-state index contributed by atoms with van der Waals surface area (Å²) < 4.78 is 0. The van der Waals surface area contributed by atoms with Gasteiger partial charge >= 0.3 is 0 Å². The van der Waals surface area contributed by atoms with Gasteiger partial charge in [0.2, 0.25) is 0 Å². The van der Waals surface area contributed by atoms with Crippen molar-refractivity contribution in [1.29, 1.82) is 0 Å². The third kappa shape index (κ3) is 4.22. The van der Waals surface area contributed by atoms with Crippen LogP contribution in [0.1, 0.15) is 16.7 Å². The third-order valence-corrected chi connectivity index (χ3v) is 2.77. The van der Waals surface area contributed by atoms with Crippen LogP contribution in [0, 0.1) is 0 Å². The summed E-state index contributed by atoms with van der Waals surface area (Å²) >= 11 is 0. The molecule has 0 aliphatic carbocycles. The van der Waals surface area contributed by atoms with Gasteiger partial charge in [0.05, 0.1) is 0 Å². The van der Waals surface area contributed by atoms with E-state index in [9.17, 15) is 0 Å². The minimum atomic E-state index is 0. The van der Waals surface area contributed by atoms with E-state index in [2.05, 4.69) is 54.6 Å². The molecule has 90 valence electrons. The molecule has 0 heterocycles. The first-order valence-electron chi connectivity index (χ1n) is 5.70. The van der Waals surface area contributed by atoms with E-state index >= 15 is 0 Å². The Hall–Kier alpha value is -1.31. The van der Waals surface area contributed by atoms with Crippen LogP contribution in [0.25, 0.3) is 0 Å². The van der Waals surface area contributed by atoms with Gasteiger partial charge in [-0.25, -0.2) is 0 Å². The van der Waals surface area contributed by atoms with E-state index in [0.717, 1.165) is 12.8 Å². The average Bonchev–Trinajstić information content (AvgIpc) is 2.38. The van der Waals surface area contributed by atoms with Crippen LogP contribution in [0.2, 0.25) is 0 Å². The molecule has 0 radical (unpaired) electrons. The molecule has 0 spiro atoms. The van der Waals surface area contributed by atoms with Gasteiger partial charge in [0.15, 0.2) is 0 Å². The fraction of sp³-hybridized carbons (Fsp3) is 0.200. The number of halogens is 1. The molecular formula is C15H18ClN. The van der Waals surface area contributed by atoms with Crippen LogP contribution in [0.5, 0.6) is 0 Å². The van der Waals surface area contributed by atoms with Crippen molar-refractivity contribution in [3.05, 3.63) is 71.3 Å². The first kappa shape index (κ1) is 13.8. The van der Waals surface area contributed by atoms with Gasteiger partial charge in [-0.3, -0.25) is 0 Å². The van der Waals surface area contributed by atoms with Crippen molar-refractivity contribution < 1.29 is 0 Å². The maximum Gasteiger partial charge on any atom is 0.0178 e. The van der Waals surface area contributed by atoms with Gasteiger partial charge in [0.1, 0.15) is 0 Å². The Balaban J connectivity index is 0.00000144. The molecule has 2 aromatic rings. The van der Waals surface area contributed by atoms with Crippen LogP contribution in [-0.4, -0.2) is 0 Å². The standard InChI is InChI=1S/C15H17N.ClH/c16-12-15-8-4-7-14(11-15)10-9-13-5-2-1-3-6-13;/h1-8,11H,9-10,12,16H2;1H. The second-order valence-corrected chi connectivity index (χ2v) is 4.01. The number of nitrogens with two attached hydrogens (primary N) is 1. The fourth-order valence-electron chi connectivity index (χ4n) is 1.85. The molecule has 2 heteroatoms. The molecule has 0 saturated heterocycles. The number of benzene rings is 2. The molecule has 0 fully saturated rings. The lowest BCUT2D eigenvalue weighted by atomic mass is 10.0. The van der Waals surface area contributed by atoms with Gasteiger partial charge < -0.3 is 5.73 Å². The summed E-state index contributed by atoms with van der Waals surface area (Å²) in [4.78, 5) is 0. The second kappa shape index (κ2) is 7.10. The van der Waals surface area contributed by atoms with E-state index in [1.807, 2.05) is 0 Å². The Labute approximate surface area is 109 Å². The number of hydrogen-bond acceptors (Lipinski definition) is 1. The minimum absolute atomic E-state index is 0. The molecular weight excluding hydrogens is 230 g/mol. The molecule has 2 N–H and O–H groups in total. The lowest BCUT2D eigenvalue weighted by Gasteiger charge is -2.04. The zero-order valence-corrected chi connectivity index (χ0v) is 10.6. The molecule has 0 bridgehead atoms. The fourth-order valence-corrected chi connectivity index (χ4v) is 1.85. The van der Waals surface area contributed by atoms with Crippen LogP contribution >= 0.6 is 12.4 Å². The predicted octanol–water partition coefficient (Wildman–Crippen LogP) is 3.35. The third-order valence-electron chi connectivity index (χ3n) is 2.77. The van der Waals surface area contributed by atoms with Crippen molar-refractivity contribution in [2.75, 3.05) is 0 Å². The maximum absolute atomic E-state index is 5.63. The largest absolute Gasteiger partial charge is 0.326 e. The molecule has 0 aliphatic rings. The smallest absolute Gasteiger partial charge is 0.0178 e. The highest BCUT2D eigenvalue weighted by Gasteiger charge is 1.96. The molecule has 0 aromatic heterocycles. The summed E-state index contributed by atoms with van der Waals surface area (Å²) in [5.41, 5.74) is 9.60. The molecule has 2 rings (SSSR count). The van der Waals surface area contributed by atoms with Crippen LogP contribution in [0.15, 0.2) is 54.6 Å². The number of rotatable bonds is 4. The van der Waals surface area contributed by atoms with Gasteiger partial charge in [-0.2, -0.15) is 0 Å². The second-order valence-electron chi connectivity index (χ2n) is 4.01. The molecule has 0 unspecified atom stereocenters. The molecule has 0 atom stereocenters. The monoisotopic (exact) mass is 247 g/mol. The molecule has 17 heavy (non-hydrogen) atoms. The topological polar surface area (TPSA) is 26.0 Å². The minimum Gasteiger partial charge on any atom is -0.326 e. The van der Waals surface area contributed by atoms with Gasteiger partial charge in [-0.1, -0.05) is 54.6 Å². The zero-order valence-electron chi connectivity index (χ0n) is 9.80. The summed E-state index contributed by atoms with van der Waals surface area (Å²) in [6, 6.07) is 19.1.